The second kappa shape index (κ2) is 7.01. The summed E-state index contributed by atoms with van der Waals surface area (Å²) in [6.45, 7) is 6.79. The fraction of sp³-hybridized carbons (Fsp3) is 0.600. The Hall–Kier alpha value is -0.450. The van der Waals surface area contributed by atoms with Crippen molar-refractivity contribution in [2.75, 3.05) is 25.5 Å². The number of likely N-dealkylation sites (tertiary alicyclic amines) is 1. The third kappa shape index (κ3) is 3.80. The smallest absolute Gasteiger partial charge is 0.156 e. The lowest BCUT2D eigenvalue weighted by Crippen LogP contribution is -2.42. The summed E-state index contributed by atoms with van der Waals surface area (Å²) in [5, 5.41) is 4.28. The van der Waals surface area contributed by atoms with Crippen LogP contribution in [0.2, 0.25) is 5.02 Å². The summed E-state index contributed by atoms with van der Waals surface area (Å²) in [6, 6.07) is 4.89. The van der Waals surface area contributed by atoms with Crippen LogP contribution in [-0.4, -0.2) is 37.2 Å². The minimum absolute atomic E-state index is 0.476. The van der Waals surface area contributed by atoms with Crippen molar-refractivity contribution in [3.8, 4) is 5.75 Å². The van der Waals surface area contributed by atoms with E-state index in [1.165, 1.54) is 0 Å². The van der Waals surface area contributed by atoms with Crippen LogP contribution in [0.25, 0.3) is 0 Å². The molecule has 112 valence electrons. The Morgan fingerprint density at radius 3 is 2.55 bits per heavy atom. The van der Waals surface area contributed by atoms with Crippen LogP contribution in [0.1, 0.15) is 26.7 Å². The van der Waals surface area contributed by atoms with Gasteiger partial charge in [0.25, 0.3) is 0 Å². The van der Waals surface area contributed by atoms with E-state index in [-0.39, 0.29) is 0 Å². The molecule has 0 radical (unpaired) electrons. The van der Waals surface area contributed by atoms with Gasteiger partial charge in [-0.15, -0.1) is 0 Å². The zero-order valence-electron chi connectivity index (χ0n) is 12.2. The minimum Gasteiger partial charge on any atom is -0.493 e. The Morgan fingerprint density at radius 1 is 1.35 bits per heavy atom. The topological polar surface area (TPSA) is 24.5 Å². The maximum Gasteiger partial charge on any atom is 0.156 e. The number of hydrogen-bond donors (Lipinski definition) is 1. The van der Waals surface area contributed by atoms with Crippen LogP contribution in [-0.2, 0) is 0 Å². The summed E-state index contributed by atoms with van der Waals surface area (Å²) >= 11 is 9.62. The number of rotatable bonds is 4. The second-order valence-electron chi connectivity index (χ2n) is 5.52. The molecule has 0 bridgehead atoms. The van der Waals surface area contributed by atoms with E-state index < -0.39 is 0 Å². The zero-order chi connectivity index (χ0) is 14.7. The summed E-state index contributed by atoms with van der Waals surface area (Å²) in [7, 11) is 1.68. The molecule has 0 atom stereocenters. The van der Waals surface area contributed by atoms with Crippen molar-refractivity contribution in [2.45, 2.75) is 38.8 Å². The van der Waals surface area contributed by atoms with Crippen LogP contribution in [0, 0.1) is 0 Å². The number of nitrogens with zero attached hydrogens (tertiary/aromatic N) is 1. The molecule has 1 aromatic carbocycles. The molecule has 1 aliphatic rings. The van der Waals surface area contributed by atoms with Gasteiger partial charge in [0, 0.05) is 30.2 Å². The van der Waals surface area contributed by atoms with Crippen LogP contribution in [0.4, 0.5) is 5.69 Å². The highest BCUT2D eigenvalue weighted by Gasteiger charge is 2.22. The molecule has 0 saturated carbocycles. The normalized spacial score (nSPS) is 17.5. The van der Waals surface area contributed by atoms with Crippen molar-refractivity contribution in [1.29, 1.82) is 0 Å². The molecular formula is C15H22BrClN2O. The molecule has 0 amide bonds. The summed E-state index contributed by atoms with van der Waals surface area (Å²) < 4.78 is 6.34. The number of piperidine rings is 1. The van der Waals surface area contributed by atoms with Gasteiger partial charge in [0.1, 0.15) is 0 Å². The highest BCUT2D eigenvalue weighted by Crippen LogP contribution is 2.37. The fourth-order valence-electron chi connectivity index (χ4n) is 2.66. The van der Waals surface area contributed by atoms with E-state index in [1.807, 2.05) is 12.1 Å². The van der Waals surface area contributed by atoms with Crippen LogP contribution in [0.3, 0.4) is 0 Å². The number of anilines is 1. The molecule has 1 aromatic rings. The van der Waals surface area contributed by atoms with Crippen molar-refractivity contribution in [3.05, 3.63) is 21.6 Å². The second-order valence-corrected chi connectivity index (χ2v) is 6.81. The van der Waals surface area contributed by atoms with Gasteiger partial charge >= 0.3 is 0 Å². The first kappa shape index (κ1) is 15.9. The maximum absolute atomic E-state index is 6.13. The van der Waals surface area contributed by atoms with E-state index in [4.69, 9.17) is 16.3 Å². The van der Waals surface area contributed by atoms with Crippen molar-refractivity contribution in [2.24, 2.45) is 0 Å². The molecular weight excluding hydrogens is 340 g/mol. The molecule has 0 aromatic heterocycles. The Balaban J connectivity index is 2.04. The molecule has 1 fully saturated rings. The number of nitrogens with one attached hydrogen (secondary N) is 1. The lowest BCUT2D eigenvalue weighted by atomic mass is 10.0. The quantitative estimate of drug-likeness (QED) is 0.860. The van der Waals surface area contributed by atoms with Crippen LogP contribution < -0.4 is 10.1 Å². The summed E-state index contributed by atoms with van der Waals surface area (Å²) in [6.07, 6.45) is 2.29. The van der Waals surface area contributed by atoms with Gasteiger partial charge in [0.2, 0.25) is 0 Å². The van der Waals surface area contributed by atoms with Gasteiger partial charge in [-0.05, 0) is 54.8 Å². The molecule has 0 spiro atoms. The van der Waals surface area contributed by atoms with Crippen molar-refractivity contribution < 1.29 is 4.74 Å². The summed E-state index contributed by atoms with van der Waals surface area (Å²) in [5.41, 5.74) is 0.967. The number of methoxy groups -OCH3 is 1. The van der Waals surface area contributed by atoms with Crippen LogP contribution >= 0.6 is 27.5 Å². The first-order valence-corrected chi connectivity index (χ1v) is 8.22. The molecule has 20 heavy (non-hydrogen) atoms. The number of benzene rings is 1. The van der Waals surface area contributed by atoms with Gasteiger partial charge in [-0.25, -0.2) is 0 Å². The standard InChI is InChI=1S/C15H22BrClN2O/c1-10(2)19-6-4-12(5-7-19)18-14-9-11(17)8-13(16)15(14)20-3/h8-10,12,18H,4-7H2,1-3H3. The van der Waals surface area contributed by atoms with Gasteiger partial charge in [0.15, 0.2) is 5.75 Å². The average Bonchev–Trinajstić information content (AvgIpc) is 2.39. The highest BCUT2D eigenvalue weighted by molar-refractivity contribution is 9.10. The molecule has 5 heteroatoms. The first-order valence-electron chi connectivity index (χ1n) is 7.05. The molecule has 1 N–H and O–H groups in total. The van der Waals surface area contributed by atoms with E-state index in [0.29, 0.717) is 17.1 Å². The lowest BCUT2D eigenvalue weighted by Gasteiger charge is -2.35. The number of ether oxygens (including phenoxy) is 1. The van der Waals surface area contributed by atoms with Crippen LogP contribution in [0.5, 0.6) is 5.75 Å². The highest BCUT2D eigenvalue weighted by atomic mass is 79.9. The third-order valence-corrected chi connectivity index (χ3v) is 4.64. The molecule has 1 aliphatic heterocycles. The predicted molar refractivity (Wildman–Crippen MR) is 89.1 cm³/mol. The Kier molecular flexibility index (Phi) is 5.58. The minimum atomic E-state index is 0.476. The molecule has 2 rings (SSSR count). The first-order chi connectivity index (χ1) is 9.51. The van der Waals surface area contributed by atoms with E-state index in [2.05, 4.69) is 40.0 Å². The average molecular weight is 362 g/mol. The van der Waals surface area contributed by atoms with E-state index in [9.17, 15) is 0 Å². The third-order valence-electron chi connectivity index (χ3n) is 3.83. The van der Waals surface area contributed by atoms with E-state index in [0.717, 1.165) is 41.8 Å². The van der Waals surface area contributed by atoms with Gasteiger partial charge in [-0.1, -0.05) is 11.6 Å². The Bertz CT molecular complexity index is 459. The van der Waals surface area contributed by atoms with Gasteiger partial charge < -0.3 is 15.0 Å². The largest absolute Gasteiger partial charge is 0.493 e. The van der Waals surface area contributed by atoms with E-state index >= 15 is 0 Å². The monoisotopic (exact) mass is 360 g/mol. The molecule has 0 unspecified atom stereocenters. The van der Waals surface area contributed by atoms with Gasteiger partial charge in [0.05, 0.1) is 17.3 Å². The molecule has 1 saturated heterocycles. The molecule has 1 heterocycles. The molecule has 3 nitrogen and oxygen atoms in total. The lowest BCUT2D eigenvalue weighted by molar-refractivity contribution is 0.177. The molecule has 0 aliphatic carbocycles. The summed E-state index contributed by atoms with van der Waals surface area (Å²) in [4.78, 5) is 2.52. The van der Waals surface area contributed by atoms with Gasteiger partial charge in [-0.2, -0.15) is 0 Å². The Labute approximate surface area is 134 Å². The number of halogens is 2. The van der Waals surface area contributed by atoms with Crippen molar-refractivity contribution >= 4 is 33.2 Å². The van der Waals surface area contributed by atoms with E-state index in [1.54, 1.807) is 7.11 Å². The fourth-order valence-corrected chi connectivity index (χ4v) is 3.63. The SMILES string of the molecule is COc1c(Br)cc(Cl)cc1NC1CCN(C(C)C)CC1. The predicted octanol–water partition coefficient (Wildman–Crippen LogP) is 4.40. The maximum atomic E-state index is 6.13. The Morgan fingerprint density at radius 2 is 2.00 bits per heavy atom. The number of hydrogen-bond acceptors (Lipinski definition) is 3. The zero-order valence-corrected chi connectivity index (χ0v) is 14.6. The van der Waals surface area contributed by atoms with Crippen molar-refractivity contribution in [1.82, 2.24) is 4.90 Å². The van der Waals surface area contributed by atoms with Crippen LogP contribution in [0.15, 0.2) is 16.6 Å². The van der Waals surface area contributed by atoms with Gasteiger partial charge in [-0.3, -0.25) is 0 Å². The summed E-state index contributed by atoms with van der Waals surface area (Å²) in [5.74, 6) is 0.820. The van der Waals surface area contributed by atoms with Crippen molar-refractivity contribution in [3.63, 3.8) is 0 Å².